The fraction of sp³-hybridized carbons (Fsp3) is 0.400. The summed E-state index contributed by atoms with van der Waals surface area (Å²) in [4.78, 5) is 4.38. The fourth-order valence-corrected chi connectivity index (χ4v) is 4.15. The second-order valence-corrected chi connectivity index (χ2v) is 8.82. The van der Waals surface area contributed by atoms with E-state index in [2.05, 4.69) is 15.2 Å². The summed E-state index contributed by atoms with van der Waals surface area (Å²) in [5.41, 5.74) is 0.806. The first-order valence-electron chi connectivity index (χ1n) is 11.7. The van der Waals surface area contributed by atoms with Crippen molar-refractivity contribution in [3.63, 3.8) is 0 Å². The maximum absolute atomic E-state index is 13.6. The summed E-state index contributed by atoms with van der Waals surface area (Å²) in [5.74, 6) is -0.00898. The van der Waals surface area contributed by atoms with E-state index >= 15 is 0 Å². The lowest BCUT2D eigenvalue weighted by Gasteiger charge is -2.33. The minimum Gasteiger partial charge on any atom is -0.490 e. The Morgan fingerprint density at radius 2 is 1.94 bits per heavy atom. The molecular weight excluding hydrogens is 477 g/mol. The van der Waals surface area contributed by atoms with E-state index in [0.29, 0.717) is 12.1 Å². The molecule has 1 aliphatic rings. The summed E-state index contributed by atoms with van der Waals surface area (Å²) in [6.45, 7) is 5.86. The van der Waals surface area contributed by atoms with Crippen molar-refractivity contribution in [2.75, 3.05) is 0 Å². The minimum atomic E-state index is -4.60. The van der Waals surface area contributed by atoms with E-state index in [1.54, 1.807) is 20.0 Å². The van der Waals surface area contributed by atoms with E-state index in [-0.39, 0.29) is 35.6 Å². The van der Waals surface area contributed by atoms with Crippen LogP contribution in [0, 0.1) is 0 Å². The summed E-state index contributed by atoms with van der Waals surface area (Å²) >= 11 is 0. The zero-order chi connectivity index (χ0) is 25.4. The molecule has 0 saturated carbocycles. The Labute approximate surface area is 205 Å². The highest BCUT2D eigenvalue weighted by Gasteiger charge is 2.35. The number of hydrogen-bond acceptors (Lipinski definition) is 7. The molecule has 0 amide bonds. The molecule has 1 saturated heterocycles. The lowest BCUT2D eigenvalue weighted by molar-refractivity contribution is -0.377. The van der Waals surface area contributed by atoms with Crippen molar-refractivity contribution in [2.24, 2.45) is 0 Å². The number of rotatable bonds is 8. The van der Waals surface area contributed by atoms with Gasteiger partial charge in [0.1, 0.15) is 5.75 Å². The highest BCUT2D eigenvalue weighted by Crippen LogP contribution is 2.39. The largest absolute Gasteiger partial charge is 0.490 e. The van der Waals surface area contributed by atoms with E-state index < -0.39 is 17.8 Å². The van der Waals surface area contributed by atoms with E-state index in [9.17, 15) is 13.2 Å². The Kier molecular flexibility index (Phi) is 6.44. The van der Waals surface area contributed by atoms with Crippen molar-refractivity contribution < 1.29 is 31.9 Å². The number of hydrogen-bond donors (Lipinski definition) is 0. The van der Waals surface area contributed by atoms with Gasteiger partial charge < -0.3 is 18.7 Å². The number of fused-ring (bicyclic) bond motifs is 1. The van der Waals surface area contributed by atoms with Gasteiger partial charge in [0, 0.05) is 29.5 Å². The number of aromatic nitrogens is 4. The lowest BCUT2D eigenvalue weighted by atomic mass is 10.1. The van der Waals surface area contributed by atoms with E-state index in [4.69, 9.17) is 18.7 Å². The predicted octanol–water partition coefficient (Wildman–Crippen LogP) is 6.06. The molecule has 5 rings (SSSR count). The Balaban J connectivity index is 1.39. The highest BCUT2D eigenvalue weighted by atomic mass is 19.4. The zero-order valence-electron chi connectivity index (χ0n) is 20.0. The zero-order valence-corrected chi connectivity index (χ0v) is 20.0. The van der Waals surface area contributed by atoms with Gasteiger partial charge in [-0.3, -0.25) is 4.68 Å². The Bertz CT molecular complexity index is 1360. The molecule has 4 aromatic rings. The van der Waals surface area contributed by atoms with Crippen molar-refractivity contribution in [1.29, 1.82) is 0 Å². The molecule has 0 unspecified atom stereocenters. The van der Waals surface area contributed by atoms with Crippen molar-refractivity contribution in [3.05, 3.63) is 48.2 Å². The molecule has 0 radical (unpaired) electrons. The van der Waals surface area contributed by atoms with Crippen LogP contribution in [0.2, 0.25) is 0 Å². The second-order valence-electron chi connectivity index (χ2n) is 8.82. The maximum Gasteiger partial charge on any atom is 0.419 e. The molecule has 190 valence electrons. The number of nitrogens with zero attached hydrogens (tertiary/aromatic N) is 4. The molecule has 8 nitrogen and oxygen atoms in total. The SMILES string of the molecule is CC(C)Oc1ccc(-c2nc(-c3cccc4c3cnn4CCCC3OC(C)O3)no2)cc1C(F)(F)F. The van der Waals surface area contributed by atoms with E-state index in [0.717, 1.165) is 29.8 Å². The van der Waals surface area contributed by atoms with Gasteiger partial charge in [0.25, 0.3) is 5.89 Å². The number of aryl methyl sites for hydroxylation is 1. The van der Waals surface area contributed by atoms with Crippen LogP contribution in [0.5, 0.6) is 5.75 Å². The standard InChI is InChI=1S/C25H25F3N4O4/c1-14(2)33-21-10-9-16(12-19(21)25(26,27)28)24-30-23(31-36-24)17-6-4-7-20-18(17)13-29-32(20)11-5-8-22-34-15(3)35-22/h4,6-7,9-10,12-15,22H,5,8,11H2,1-3H3. The molecule has 3 heterocycles. The summed E-state index contributed by atoms with van der Waals surface area (Å²) in [6.07, 6.45) is -2.01. The molecule has 0 N–H and O–H groups in total. The van der Waals surface area contributed by atoms with Crippen molar-refractivity contribution in [3.8, 4) is 28.6 Å². The molecule has 1 aliphatic heterocycles. The molecular formula is C25H25F3N4O4. The third-order valence-corrected chi connectivity index (χ3v) is 5.75. The molecule has 0 spiro atoms. The summed E-state index contributed by atoms with van der Waals surface area (Å²) in [5, 5.41) is 9.32. The molecule has 0 bridgehead atoms. The van der Waals surface area contributed by atoms with Crippen LogP contribution in [0.15, 0.2) is 47.1 Å². The van der Waals surface area contributed by atoms with Crippen LogP contribution in [-0.2, 0) is 22.2 Å². The predicted molar refractivity (Wildman–Crippen MR) is 124 cm³/mol. The smallest absolute Gasteiger partial charge is 0.419 e. The minimum absolute atomic E-state index is 0.0225. The van der Waals surface area contributed by atoms with Gasteiger partial charge in [-0.2, -0.15) is 23.3 Å². The van der Waals surface area contributed by atoms with Crippen LogP contribution in [0.3, 0.4) is 0 Å². The van der Waals surface area contributed by atoms with Crippen LogP contribution >= 0.6 is 0 Å². The number of ether oxygens (including phenoxy) is 3. The second kappa shape index (κ2) is 9.55. The molecule has 2 aromatic heterocycles. The van der Waals surface area contributed by atoms with Gasteiger partial charge in [-0.1, -0.05) is 17.3 Å². The third-order valence-electron chi connectivity index (χ3n) is 5.75. The van der Waals surface area contributed by atoms with Crippen LogP contribution < -0.4 is 4.74 Å². The van der Waals surface area contributed by atoms with Gasteiger partial charge in [0.15, 0.2) is 12.6 Å². The van der Waals surface area contributed by atoms with Crippen molar-refractivity contribution in [2.45, 2.75) is 65.0 Å². The monoisotopic (exact) mass is 502 g/mol. The van der Waals surface area contributed by atoms with Crippen molar-refractivity contribution in [1.82, 2.24) is 19.9 Å². The number of benzene rings is 2. The van der Waals surface area contributed by atoms with Gasteiger partial charge in [0.05, 0.1) is 23.4 Å². The molecule has 2 aromatic carbocycles. The Morgan fingerprint density at radius 3 is 2.67 bits per heavy atom. The molecule has 36 heavy (non-hydrogen) atoms. The molecule has 0 aliphatic carbocycles. The van der Waals surface area contributed by atoms with Crippen LogP contribution in [0.1, 0.15) is 39.2 Å². The summed E-state index contributed by atoms with van der Waals surface area (Å²) in [7, 11) is 0. The molecule has 1 fully saturated rings. The quantitative estimate of drug-likeness (QED) is 0.290. The van der Waals surface area contributed by atoms with Crippen LogP contribution in [-0.4, -0.2) is 38.6 Å². The Morgan fingerprint density at radius 1 is 1.14 bits per heavy atom. The van der Waals surface area contributed by atoms with Gasteiger partial charge >= 0.3 is 6.18 Å². The maximum atomic E-state index is 13.6. The summed E-state index contributed by atoms with van der Waals surface area (Å²) < 4.78 is 64.4. The number of alkyl halides is 3. The first-order valence-corrected chi connectivity index (χ1v) is 11.7. The van der Waals surface area contributed by atoms with E-state index in [1.807, 2.05) is 29.8 Å². The third kappa shape index (κ3) is 4.93. The molecule has 0 atom stereocenters. The normalized spacial score (nSPS) is 18.1. The molecule has 11 heteroatoms. The first kappa shape index (κ1) is 24.3. The lowest BCUT2D eigenvalue weighted by Crippen LogP contribution is -2.38. The van der Waals surface area contributed by atoms with Crippen LogP contribution in [0.25, 0.3) is 33.7 Å². The Hall–Kier alpha value is -3.44. The van der Waals surface area contributed by atoms with Crippen molar-refractivity contribution >= 4 is 10.9 Å². The van der Waals surface area contributed by atoms with E-state index in [1.165, 1.54) is 12.1 Å². The first-order chi connectivity index (χ1) is 17.2. The fourth-order valence-electron chi connectivity index (χ4n) is 4.15. The van der Waals surface area contributed by atoms with Gasteiger partial charge in [-0.05, 0) is 51.5 Å². The van der Waals surface area contributed by atoms with Gasteiger partial charge in [0.2, 0.25) is 5.82 Å². The average molecular weight is 502 g/mol. The summed E-state index contributed by atoms with van der Waals surface area (Å²) in [6, 6.07) is 9.32. The van der Waals surface area contributed by atoms with Crippen LogP contribution in [0.4, 0.5) is 13.2 Å². The van der Waals surface area contributed by atoms with Gasteiger partial charge in [-0.15, -0.1) is 0 Å². The average Bonchev–Trinajstić information content (AvgIpc) is 3.45. The highest BCUT2D eigenvalue weighted by molar-refractivity contribution is 5.92. The topological polar surface area (TPSA) is 84.4 Å². The number of halogens is 3. The van der Waals surface area contributed by atoms with Gasteiger partial charge in [-0.25, -0.2) is 0 Å².